The summed E-state index contributed by atoms with van der Waals surface area (Å²) in [5.74, 6) is -0.734. The highest BCUT2D eigenvalue weighted by Crippen LogP contribution is 2.37. The van der Waals surface area contributed by atoms with Crippen molar-refractivity contribution in [3.63, 3.8) is 0 Å². The van der Waals surface area contributed by atoms with Crippen molar-refractivity contribution in [2.45, 2.75) is 13.0 Å². The average Bonchev–Trinajstić information content (AvgIpc) is 3.21. The number of allylic oxidation sites excluding steroid dienone is 1. The number of benzene rings is 2. The molecule has 0 radical (unpaired) electrons. The fourth-order valence-corrected chi connectivity index (χ4v) is 3.47. The Balaban J connectivity index is 1.94. The number of methoxy groups -OCH3 is 1. The molecular formula is C20H16BrN5O3. The van der Waals surface area contributed by atoms with Gasteiger partial charge in [-0.2, -0.15) is 4.68 Å². The summed E-state index contributed by atoms with van der Waals surface area (Å²) in [6.45, 7) is 1.94. The number of carbonyl (C=O) groups excluding carboxylic acids is 2. The van der Waals surface area contributed by atoms with E-state index in [1.807, 2.05) is 43.3 Å². The first-order valence-electron chi connectivity index (χ1n) is 8.74. The molecule has 1 aliphatic heterocycles. The van der Waals surface area contributed by atoms with E-state index in [9.17, 15) is 9.59 Å². The quantitative estimate of drug-likeness (QED) is 0.478. The normalized spacial score (nSPS) is 15.5. The first-order chi connectivity index (χ1) is 14.0. The van der Waals surface area contributed by atoms with Crippen molar-refractivity contribution in [2.24, 2.45) is 0 Å². The predicted octanol–water partition coefficient (Wildman–Crippen LogP) is 3.07. The molecular weight excluding hydrogens is 438 g/mol. The lowest BCUT2D eigenvalue weighted by Crippen LogP contribution is -2.32. The zero-order valence-corrected chi connectivity index (χ0v) is 17.2. The van der Waals surface area contributed by atoms with E-state index in [4.69, 9.17) is 4.74 Å². The minimum absolute atomic E-state index is 0.0216. The van der Waals surface area contributed by atoms with Crippen molar-refractivity contribution in [1.82, 2.24) is 20.2 Å². The number of nitrogens with one attached hydrogen (secondary N) is 1. The molecule has 1 aliphatic rings. The van der Waals surface area contributed by atoms with Gasteiger partial charge in [-0.3, -0.25) is 4.79 Å². The number of Topliss-reactive ketones (excluding diaryl/α,β-unsaturated/α-hetero) is 1. The smallest absolute Gasteiger partial charge is 0.355 e. The van der Waals surface area contributed by atoms with E-state index in [1.165, 1.54) is 11.8 Å². The number of fused-ring (bicyclic) bond motifs is 1. The number of tetrazole rings is 1. The van der Waals surface area contributed by atoms with Crippen LogP contribution < -0.4 is 5.32 Å². The number of anilines is 1. The van der Waals surface area contributed by atoms with Gasteiger partial charge in [0.05, 0.1) is 12.7 Å². The maximum atomic E-state index is 13.5. The number of hydrogen-bond acceptors (Lipinski definition) is 7. The molecule has 0 amide bonds. The molecule has 2 aromatic carbocycles. The number of ketones is 1. The largest absolute Gasteiger partial charge is 0.464 e. The van der Waals surface area contributed by atoms with Crippen molar-refractivity contribution in [3.8, 4) is 0 Å². The van der Waals surface area contributed by atoms with Gasteiger partial charge in [-0.15, -0.1) is 0 Å². The highest BCUT2D eigenvalue weighted by molar-refractivity contribution is 9.10. The molecule has 8 nitrogen and oxygen atoms in total. The Morgan fingerprint density at radius 2 is 1.79 bits per heavy atom. The highest BCUT2D eigenvalue weighted by Gasteiger charge is 2.38. The van der Waals surface area contributed by atoms with Gasteiger partial charge in [0.25, 0.3) is 0 Å². The van der Waals surface area contributed by atoms with Gasteiger partial charge in [0.15, 0.2) is 5.78 Å². The Hall–Kier alpha value is -3.33. The van der Waals surface area contributed by atoms with Gasteiger partial charge < -0.3 is 10.1 Å². The fraction of sp³-hybridized carbons (Fsp3) is 0.150. The summed E-state index contributed by atoms with van der Waals surface area (Å²) >= 11 is 3.41. The maximum Gasteiger partial charge on any atom is 0.355 e. The lowest BCUT2D eigenvalue weighted by Gasteiger charge is -2.28. The number of aromatic nitrogens is 4. The van der Waals surface area contributed by atoms with Crippen LogP contribution in [0.5, 0.6) is 0 Å². The van der Waals surface area contributed by atoms with Crippen molar-refractivity contribution < 1.29 is 14.3 Å². The SMILES string of the molecule is COC(=O)C1=C(C(=O)c2ccc(C)cc2)C(c2ccc(Br)cc2)n2nnnc2N1. The van der Waals surface area contributed by atoms with Crippen molar-refractivity contribution in [2.75, 3.05) is 12.4 Å². The number of halogens is 1. The Kier molecular flexibility index (Phi) is 4.98. The topological polar surface area (TPSA) is 99.0 Å². The molecule has 0 saturated heterocycles. The Labute approximate surface area is 174 Å². The van der Waals surface area contributed by atoms with Gasteiger partial charge in [-0.25, -0.2) is 4.79 Å². The molecule has 29 heavy (non-hydrogen) atoms. The molecule has 146 valence electrons. The van der Waals surface area contributed by atoms with Crippen LogP contribution in [0.25, 0.3) is 0 Å². The molecule has 2 heterocycles. The second-order valence-electron chi connectivity index (χ2n) is 6.50. The predicted molar refractivity (Wildman–Crippen MR) is 108 cm³/mol. The van der Waals surface area contributed by atoms with Crippen LogP contribution in [0.3, 0.4) is 0 Å². The number of rotatable bonds is 4. The van der Waals surface area contributed by atoms with Crippen LogP contribution in [0.15, 0.2) is 64.3 Å². The first-order valence-corrected chi connectivity index (χ1v) is 9.53. The van der Waals surface area contributed by atoms with Gasteiger partial charge in [0.1, 0.15) is 11.7 Å². The van der Waals surface area contributed by atoms with E-state index in [0.29, 0.717) is 5.56 Å². The third kappa shape index (κ3) is 3.44. The molecule has 0 spiro atoms. The Morgan fingerprint density at radius 3 is 2.45 bits per heavy atom. The van der Waals surface area contributed by atoms with E-state index in [0.717, 1.165) is 15.6 Å². The van der Waals surface area contributed by atoms with Gasteiger partial charge >= 0.3 is 5.97 Å². The summed E-state index contributed by atoms with van der Waals surface area (Å²) in [6, 6.07) is 13.9. The molecule has 3 aromatic rings. The molecule has 0 aliphatic carbocycles. The van der Waals surface area contributed by atoms with Crippen LogP contribution >= 0.6 is 15.9 Å². The lowest BCUT2D eigenvalue weighted by molar-refractivity contribution is -0.136. The first kappa shape index (κ1) is 19.0. The van der Waals surface area contributed by atoms with Crippen LogP contribution in [0.4, 0.5) is 5.95 Å². The summed E-state index contributed by atoms with van der Waals surface area (Å²) in [5.41, 5.74) is 2.46. The summed E-state index contributed by atoms with van der Waals surface area (Å²) in [5, 5.41) is 14.5. The van der Waals surface area contributed by atoms with Gasteiger partial charge in [0.2, 0.25) is 5.95 Å². The van der Waals surface area contributed by atoms with Gasteiger partial charge in [-0.1, -0.05) is 63.0 Å². The Morgan fingerprint density at radius 1 is 1.10 bits per heavy atom. The Bertz CT molecular complexity index is 1120. The lowest BCUT2D eigenvalue weighted by atomic mass is 9.89. The zero-order valence-electron chi connectivity index (χ0n) is 15.6. The van der Waals surface area contributed by atoms with Gasteiger partial charge in [-0.05, 0) is 35.0 Å². The summed E-state index contributed by atoms with van der Waals surface area (Å²) in [7, 11) is 1.26. The molecule has 1 unspecified atom stereocenters. The number of carbonyl (C=O) groups is 2. The molecule has 9 heteroatoms. The van der Waals surface area contributed by atoms with Crippen LogP contribution in [0, 0.1) is 6.92 Å². The molecule has 4 rings (SSSR count). The van der Waals surface area contributed by atoms with Crippen LogP contribution in [-0.4, -0.2) is 39.1 Å². The molecule has 0 fully saturated rings. The minimum atomic E-state index is -0.697. The maximum absolute atomic E-state index is 13.5. The minimum Gasteiger partial charge on any atom is -0.464 e. The zero-order chi connectivity index (χ0) is 20.5. The van der Waals surface area contributed by atoms with Crippen LogP contribution in [-0.2, 0) is 9.53 Å². The third-order valence-corrected chi connectivity index (χ3v) is 5.18. The highest BCUT2D eigenvalue weighted by atomic mass is 79.9. The number of ether oxygens (including phenoxy) is 1. The number of esters is 1. The molecule has 1 atom stereocenters. The van der Waals surface area contributed by atoms with Gasteiger partial charge in [0, 0.05) is 10.0 Å². The average molecular weight is 454 g/mol. The molecule has 0 bridgehead atoms. The molecule has 0 saturated carbocycles. The van der Waals surface area contributed by atoms with Crippen molar-refractivity contribution in [1.29, 1.82) is 0 Å². The second kappa shape index (κ2) is 7.59. The summed E-state index contributed by atoms with van der Waals surface area (Å²) in [6.07, 6.45) is 0. The van der Waals surface area contributed by atoms with Crippen molar-refractivity contribution in [3.05, 3.63) is 81.0 Å². The van der Waals surface area contributed by atoms with Crippen molar-refractivity contribution >= 4 is 33.6 Å². The van der Waals surface area contributed by atoms with E-state index >= 15 is 0 Å². The molecule has 1 N–H and O–H groups in total. The second-order valence-corrected chi connectivity index (χ2v) is 7.42. The standard InChI is InChI=1S/C20H16BrN5O3/c1-11-3-5-13(6-4-11)18(27)15-16(19(28)29-2)22-20-23-24-25-26(20)17(15)12-7-9-14(21)10-8-12/h3-10,17H,1-2H3,(H,22,23,25). The number of nitrogens with zero attached hydrogens (tertiary/aromatic N) is 4. The number of hydrogen-bond donors (Lipinski definition) is 1. The van der Waals surface area contributed by atoms with E-state index in [1.54, 1.807) is 12.1 Å². The number of aryl methyl sites for hydroxylation is 1. The van der Waals surface area contributed by atoms with Crippen LogP contribution in [0.2, 0.25) is 0 Å². The monoisotopic (exact) mass is 453 g/mol. The summed E-state index contributed by atoms with van der Waals surface area (Å²) in [4.78, 5) is 26.1. The fourth-order valence-electron chi connectivity index (χ4n) is 3.20. The third-order valence-electron chi connectivity index (χ3n) is 4.65. The van der Waals surface area contributed by atoms with E-state index in [2.05, 4.69) is 36.8 Å². The summed E-state index contributed by atoms with van der Waals surface area (Å²) < 4.78 is 7.29. The van der Waals surface area contributed by atoms with E-state index < -0.39 is 12.0 Å². The van der Waals surface area contributed by atoms with E-state index in [-0.39, 0.29) is 23.0 Å². The van der Waals surface area contributed by atoms with Crippen LogP contribution in [0.1, 0.15) is 27.5 Å². The molecule has 1 aromatic heterocycles.